The first-order chi connectivity index (χ1) is 8.72. The molecule has 0 fully saturated rings. The second kappa shape index (κ2) is 5.65. The number of aromatic nitrogens is 1. The Morgan fingerprint density at radius 2 is 2.00 bits per heavy atom. The number of hydrogen-bond donors (Lipinski definition) is 1. The predicted molar refractivity (Wildman–Crippen MR) is 72.6 cm³/mol. The van der Waals surface area contributed by atoms with Crippen LogP contribution in [0.25, 0.3) is 0 Å². The second-order valence-electron chi connectivity index (χ2n) is 4.20. The minimum absolute atomic E-state index is 0.144. The Morgan fingerprint density at radius 1 is 1.28 bits per heavy atom. The van der Waals surface area contributed by atoms with Gasteiger partial charge in [-0.2, -0.15) is 0 Å². The molecule has 0 bridgehead atoms. The standard InChI is InChI=1S/C15H18N2O/c1-3-18-14-9-11(2)13(10-17-14)15(16)12-7-5-4-6-8-12/h4-10,15H,3,16H2,1-2H3/t15-/m0/s1. The molecule has 0 aliphatic rings. The second-order valence-corrected chi connectivity index (χ2v) is 4.20. The van der Waals surface area contributed by atoms with Gasteiger partial charge in [-0.1, -0.05) is 30.3 Å². The molecule has 2 rings (SSSR count). The van der Waals surface area contributed by atoms with Gasteiger partial charge in [0.2, 0.25) is 5.88 Å². The zero-order chi connectivity index (χ0) is 13.0. The fourth-order valence-electron chi connectivity index (χ4n) is 1.93. The molecular weight excluding hydrogens is 224 g/mol. The van der Waals surface area contributed by atoms with Gasteiger partial charge in [0.25, 0.3) is 0 Å². The van der Waals surface area contributed by atoms with Crippen LogP contribution in [0.2, 0.25) is 0 Å². The van der Waals surface area contributed by atoms with Gasteiger partial charge in [0.15, 0.2) is 0 Å². The van der Waals surface area contributed by atoms with E-state index in [1.807, 2.05) is 50.2 Å². The summed E-state index contributed by atoms with van der Waals surface area (Å²) in [6.07, 6.45) is 1.80. The van der Waals surface area contributed by atoms with Crippen LogP contribution < -0.4 is 10.5 Å². The molecule has 1 heterocycles. The monoisotopic (exact) mass is 242 g/mol. The molecule has 1 aromatic heterocycles. The topological polar surface area (TPSA) is 48.1 Å². The molecule has 0 aliphatic heterocycles. The summed E-state index contributed by atoms with van der Waals surface area (Å²) in [5, 5.41) is 0. The predicted octanol–water partition coefficient (Wildman–Crippen LogP) is 2.84. The molecule has 0 saturated heterocycles. The van der Waals surface area contributed by atoms with E-state index in [2.05, 4.69) is 4.98 Å². The van der Waals surface area contributed by atoms with Gasteiger partial charge in [0, 0.05) is 12.3 Å². The Hall–Kier alpha value is -1.87. The summed E-state index contributed by atoms with van der Waals surface area (Å²) >= 11 is 0. The van der Waals surface area contributed by atoms with Gasteiger partial charge >= 0.3 is 0 Å². The lowest BCUT2D eigenvalue weighted by Crippen LogP contribution is -2.13. The molecule has 94 valence electrons. The molecule has 0 amide bonds. The van der Waals surface area contributed by atoms with Gasteiger partial charge in [-0.15, -0.1) is 0 Å². The van der Waals surface area contributed by atoms with Crippen molar-refractivity contribution in [1.82, 2.24) is 4.98 Å². The maximum atomic E-state index is 6.26. The fraction of sp³-hybridized carbons (Fsp3) is 0.267. The number of benzene rings is 1. The number of ether oxygens (including phenoxy) is 1. The van der Waals surface area contributed by atoms with E-state index in [4.69, 9.17) is 10.5 Å². The van der Waals surface area contributed by atoms with Gasteiger partial charge < -0.3 is 10.5 Å². The first-order valence-electron chi connectivity index (χ1n) is 6.12. The summed E-state index contributed by atoms with van der Waals surface area (Å²) in [6, 6.07) is 11.8. The average molecular weight is 242 g/mol. The molecule has 18 heavy (non-hydrogen) atoms. The SMILES string of the molecule is CCOc1cc(C)c([C@@H](N)c2ccccc2)cn1. The average Bonchev–Trinajstić information content (AvgIpc) is 2.40. The molecule has 0 radical (unpaired) electrons. The van der Waals surface area contributed by atoms with Crippen molar-refractivity contribution in [2.75, 3.05) is 6.61 Å². The third-order valence-corrected chi connectivity index (χ3v) is 2.91. The van der Waals surface area contributed by atoms with Crippen LogP contribution in [0, 0.1) is 6.92 Å². The third-order valence-electron chi connectivity index (χ3n) is 2.91. The van der Waals surface area contributed by atoms with E-state index in [0.29, 0.717) is 12.5 Å². The molecule has 2 aromatic rings. The van der Waals surface area contributed by atoms with Gasteiger partial charge in [-0.25, -0.2) is 4.98 Å². The molecular formula is C15H18N2O. The van der Waals surface area contributed by atoms with Crippen LogP contribution in [-0.2, 0) is 0 Å². The van der Waals surface area contributed by atoms with E-state index in [1.54, 1.807) is 6.20 Å². The Kier molecular flexibility index (Phi) is 3.95. The van der Waals surface area contributed by atoms with E-state index in [1.165, 1.54) is 0 Å². The van der Waals surface area contributed by atoms with Crippen molar-refractivity contribution in [2.45, 2.75) is 19.9 Å². The molecule has 1 atom stereocenters. The van der Waals surface area contributed by atoms with Crippen molar-refractivity contribution in [2.24, 2.45) is 5.73 Å². The van der Waals surface area contributed by atoms with E-state index >= 15 is 0 Å². The van der Waals surface area contributed by atoms with Crippen molar-refractivity contribution in [1.29, 1.82) is 0 Å². The highest BCUT2D eigenvalue weighted by atomic mass is 16.5. The lowest BCUT2D eigenvalue weighted by atomic mass is 9.98. The first kappa shape index (κ1) is 12.6. The zero-order valence-electron chi connectivity index (χ0n) is 10.8. The Bertz CT molecular complexity index is 511. The van der Waals surface area contributed by atoms with Crippen LogP contribution in [0.3, 0.4) is 0 Å². The fourth-order valence-corrected chi connectivity index (χ4v) is 1.93. The number of rotatable bonds is 4. The van der Waals surface area contributed by atoms with Crippen molar-refractivity contribution in [3.05, 3.63) is 59.3 Å². The molecule has 0 aliphatic carbocycles. The summed E-state index contributed by atoms with van der Waals surface area (Å²) in [7, 11) is 0. The lowest BCUT2D eigenvalue weighted by molar-refractivity contribution is 0.326. The maximum absolute atomic E-state index is 6.26. The van der Waals surface area contributed by atoms with Crippen LogP contribution in [0.1, 0.15) is 29.7 Å². The Morgan fingerprint density at radius 3 is 2.61 bits per heavy atom. The van der Waals surface area contributed by atoms with E-state index in [0.717, 1.165) is 16.7 Å². The van der Waals surface area contributed by atoms with Crippen LogP contribution in [-0.4, -0.2) is 11.6 Å². The molecule has 3 heteroatoms. The minimum Gasteiger partial charge on any atom is -0.478 e. The smallest absolute Gasteiger partial charge is 0.213 e. The highest BCUT2D eigenvalue weighted by molar-refractivity contribution is 5.36. The summed E-state index contributed by atoms with van der Waals surface area (Å²) in [4.78, 5) is 4.27. The Balaban J connectivity index is 2.28. The quantitative estimate of drug-likeness (QED) is 0.896. The van der Waals surface area contributed by atoms with E-state index < -0.39 is 0 Å². The largest absolute Gasteiger partial charge is 0.478 e. The highest BCUT2D eigenvalue weighted by Gasteiger charge is 2.12. The van der Waals surface area contributed by atoms with Crippen molar-refractivity contribution in [3.63, 3.8) is 0 Å². The van der Waals surface area contributed by atoms with Gasteiger partial charge in [-0.05, 0) is 30.5 Å². The number of nitrogens with zero attached hydrogens (tertiary/aromatic N) is 1. The third kappa shape index (κ3) is 2.68. The first-order valence-corrected chi connectivity index (χ1v) is 6.12. The normalized spacial score (nSPS) is 12.2. The minimum atomic E-state index is -0.144. The van der Waals surface area contributed by atoms with Crippen LogP contribution in [0.4, 0.5) is 0 Å². The van der Waals surface area contributed by atoms with E-state index in [-0.39, 0.29) is 6.04 Å². The molecule has 0 saturated carbocycles. The van der Waals surface area contributed by atoms with Gasteiger partial charge in [0.1, 0.15) is 0 Å². The maximum Gasteiger partial charge on any atom is 0.213 e. The van der Waals surface area contributed by atoms with Crippen molar-refractivity contribution >= 4 is 0 Å². The molecule has 3 nitrogen and oxygen atoms in total. The van der Waals surface area contributed by atoms with Crippen LogP contribution in [0.15, 0.2) is 42.6 Å². The lowest BCUT2D eigenvalue weighted by Gasteiger charge is -2.15. The Labute approximate surface area is 108 Å². The highest BCUT2D eigenvalue weighted by Crippen LogP contribution is 2.23. The number of nitrogens with two attached hydrogens (primary N) is 1. The van der Waals surface area contributed by atoms with Crippen molar-refractivity contribution in [3.8, 4) is 5.88 Å². The molecule has 2 N–H and O–H groups in total. The van der Waals surface area contributed by atoms with Crippen LogP contribution in [0.5, 0.6) is 5.88 Å². The van der Waals surface area contributed by atoms with Gasteiger partial charge in [0.05, 0.1) is 12.6 Å². The zero-order valence-corrected chi connectivity index (χ0v) is 10.8. The van der Waals surface area contributed by atoms with Gasteiger partial charge in [-0.3, -0.25) is 0 Å². The summed E-state index contributed by atoms with van der Waals surface area (Å²) in [5.74, 6) is 0.652. The summed E-state index contributed by atoms with van der Waals surface area (Å²) < 4.78 is 5.38. The van der Waals surface area contributed by atoms with Crippen LogP contribution >= 0.6 is 0 Å². The number of aryl methyl sites for hydroxylation is 1. The molecule has 0 unspecified atom stereocenters. The summed E-state index contributed by atoms with van der Waals surface area (Å²) in [5.41, 5.74) is 9.48. The summed E-state index contributed by atoms with van der Waals surface area (Å²) in [6.45, 7) is 4.60. The number of pyridine rings is 1. The number of hydrogen-bond acceptors (Lipinski definition) is 3. The van der Waals surface area contributed by atoms with E-state index in [9.17, 15) is 0 Å². The molecule has 1 aromatic carbocycles. The van der Waals surface area contributed by atoms with Crippen molar-refractivity contribution < 1.29 is 4.74 Å². The molecule has 0 spiro atoms.